The summed E-state index contributed by atoms with van der Waals surface area (Å²) in [6.45, 7) is 9.24. The van der Waals surface area contributed by atoms with E-state index in [0.29, 0.717) is 16.6 Å². The van der Waals surface area contributed by atoms with Crippen molar-refractivity contribution in [3.05, 3.63) is 29.3 Å². The molecule has 0 amide bonds. The Balaban J connectivity index is 1.79. The highest BCUT2D eigenvalue weighted by atomic mass is 16.3. The number of phenolic OH excluding ortho intramolecular Hbond substituents is 1. The molecule has 1 aliphatic rings. The van der Waals surface area contributed by atoms with Crippen LogP contribution in [0.4, 0.5) is 0 Å². The summed E-state index contributed by atoms with van der Waals surface area (Å²) in [5.74, 6) is 0.504. The van der Waals surface area contributed by atoms with Gasteiger partial charge in [-0.25, -0.2) is 0 Å². The van der Waals surface area contributed by atoms with Gasteiger partial charge in [-0.1, -0.05) is 39.8 Å². The van der Waals surface area contributed by atoms with Gasteiger partial charge in [-0.05, 0) is 79.4 Å². The van der Waals surface area contributed by atoms with Crippen molar-refractivity contribution < 1.29 is 5.11 Å². The van der Waals surface area contributed by atoms with Gasteiger partial charge in [0.05, 0.1) is 0 Å². The van der Waals surface area contributed by atoms with Crippen molar-refractivity contribution in [1.82, 2.24) is 0 Å². The predicted molar refractivity (Wildman–Crippen MR) is 90.8 cm³/mol. The normalized spacial score (nSPS) is 17.0. The monoisotopic (exact) mass is 288 g/mol. The maximum absolute atomic E-state index is 10.2. The molecule has 1 fully saturated rings. The van der Waals surface area contributed by atoms with Crippen molar-refractivity contribution >= 4 is 0 Å². The van der Waals surface area contributed by atoms with Crippen molar-refractivity contribution in [3.63, 3.8) is 0 Å². The smallest absolute Gasteiger partial charge is 0.119 e. The largest absolute Gasteiger partial charge is 0.508 e. The molecule has 0 aliphatic heterocycles. The molecule has 0 bridgehead atoms. The third-order valence-corrected chi connectivity index (χ3v) is 4.87. The molecular weight excluding hydrogens is 256 g/mol. The van der Waals surface area contributed by atoms with Crippen molar-refractivity contribution in [3.8, 4) is 5.75 Å². The Hall–Kier alpha value is -0.980. The number of hydrogen-bond acceptors (Lipinski definition) is 1. The molecular formula is C20H32O. The fourth-order valence-electron chi connectivity index (χ4n) is 2.97. The Morgan fingerprint density at radius 1 is 1.10 bits per heavy atom. The van der Waals surface area contributed by atoms with Gasteiger partial charge in [0.25, 0.3) is 0 Å². The fraction of sp³-hybridized carbons (Fsp3) is 0.700. The molecule has 0 saturated heterocycles. The Morgan fingerprint density at radius 3 is 2.38 bits per heavy atom. The molecule has 0 unspecified atom stereocenters. The second-order valence-corrected chi connectivity index (χ2v) is 8.54. The van der Waals surface area contributed by atoms with Crippen LogP contribution in [0, 0.1) is 10.8 Å². The number of benzene rings is 1. The van der Waals surface area contributed by atoms with Crippen LogP contribution in [0.15, 0.2) is 18.2 Å². The van der Waals surface area contributed by atoms with Gasteiger partial charge in [0, 0.05) is 0 Å². The number of rotatable bonds is 7. The number of hydrogen-bond donors (Lipinski definition) is 1. The molecule has 21 heavy (non-hydrogen) atoms. The van der Waals surface area contributed by atoms with Gasteiger partial charge in [-0.2, -0.15) is 0 Å². The van der Waals surface area contributed by atoms with Crippen molar-refractivity contribution in [1.29, 1.82) is 0 Å². The predicted octanol–water partition coefficient (Wildman–Crippen LogP) is 5.88. The summed E-state index contributed by atoms with van der Waals surface area (Å²) in [6.07, 6.45) is 9.81. The Morgan fingerprint density at radius 2 is 1.81 bits per heavy atom. The van der Waals surface area contributed by atoms with Crippen LogP contribution in [0.25, 0.3) is 0 Å². The van der Waals surface area contributed by atoms with E-state index in [1.165, 1.54) is 44.1 Å². The van der Waals surface area contributed by atoms with Crippen LogP contribution in [-0.2, 0) is 12.8 Å². The van der Waals surface area contributed by atoms with Gasteiger partial charge in [0.15, 0.2) is 0 Å². The van der Waals surface area contributed by atoms with Crippen LogP contribution in [0.3, 0.4) is 0 Å². The zero-order valence-corrected chi connectivity index (χ0v) is 14.3. The number of aryl methyl sites for hydroxylation is 2. The van der Waals surface area contributed by atoms with E-state index >= 15 is 0 Å². The fourth-order valence-corrected chi connectivity index (χ4v) is 2.97. The maximum Gasteiger partial charge on any atom is 0.119 e. The van der Waals surface area contributed by atoms with Gasteiger partial charge < -0.3 is 5.11 Å². The van der Waals surface area contributed by atoms with Crippen LogP contribution in [-0.4, -0.2) is 5.11 Å². The van der Waals surface area contributed by atoms with E-state index in [9.17, 15) is 5.11 Å². The lowest BCUT2D eigenvalue weighted by atomic mass is 9.89. The molecule has 1 aromatic rings. The van der Waals surface area contributed by atoms with Crippen molar-refractivity contribution in [2.24, 2.45) is 10.8 Å². The van der Waals surface area contributed by atoms with Crippen LogP contribution in [0.5, 0.6) is 5.75 Å². The average Bonchev–Trinajstić information content (AvgIpc) is 3.09. The Bertz CT molecular complexity index is 463. The van der Waals surface area contributed by atoms with Gasteiger partial charge in [-0.3, -0.25) is 0 Å². The van der Waals surface area contributed by atoms with E-state index in [4.69, 9.17) is 0 Å². The van der Waals surface area contributed by atoms with Gasteiger partial charge in [0.2, 0.25) is 0 Å². The quantitative estimate of drug-likeness (QED) is 0.664. The third kappa shape index (κ3) is 5.73. The second kappa shape index (κ2) is 6.42. The molecule has 1 aromatic carbocycles. The van der Waals surface area contributed by atoms with E-state index < -0.39 is 0 Å². The first-order valence-electron chi connectivity index (χ1n) is 8.58. The highest BCUT2D eigenvalue weighted by Gasteiger charge is 2.36. The zero-order valence-electron chi connectivity index (χ0n) is 14.3. The highest BCUT2D eigenvalue weighted by molar-refractivity contribution is 5.36. The molecule has 0 heterocycles. The maximum atomic E-state index is 10.2. The van der Waals surface area contributed by atoms with Gasteiger partial charge in [-0.15, -0.1) is 0 Å². The third-order valence-electron chi connectivity index (χ3n) is 4.87. The van der Waals surface area contributed by atoms with Crippen LogP contribution in [0.1, 0.15) is 77.3 Å². The summed E-state index contributed by atoms with van der Waals surface area (Å²) in [7, 11) is 0. The minimum absolute atomic E-state index is 0.404. The lowest BCUT2D eigenvalue weighted by molar-refractivity contribution is 0.365. The van der Waals surface area contributed by atoms with Crippen molar-refractivity contribution in [2.45, 2.75) is 79.1 Å². The molecule has 0 atom stereocenters. The summed E-state index contributed by atoms with van der Waals surface area (Å²) in [5, 5.41) is 10.2. The van der Waals surface area contributed by atoms with Crippen LogP contribution >= 0.6 is 0 Å². The van der Waals surface area contributed by atoms with Crippen LogP contribution in [0.2, 0.25) is 0 Å². The molecule has 1 aliphatic carbocycles. The molecule has 0 aromatic heterocycles. The lowest BCUT2D eigenvalue weighted by Crippen LogP contribution is -2.05. The summed E-state index contributed by atoms with van der Waals surface area (Å²) >= 11 is 0. The molecule has 0 spiro atoms. The lowest BCUT2D eigenvalue weighted by Gasteiger charge is -2.17. The number of aromatic hydroxyl groups is 1. The van der Waals surface area contributed by atoms with E-state index in [-0.39, 0.29) is 0 Å². The summed E-state index contributed by atoms with van der Waals surface area (Å²) in [5.41, 5.74) is 3.43. The van der Waals surface area contributed by atoms with Crippen LogP contribution < -0.4 is 0 Å². The van der Waals surface area contributed by atoms with Crippen molar-refractivity contribution in [2.75, 3.05) is 0 Å². The topological polar surface area (TPSA) is 20.2 Å². The molecule has 2 rings (SSSR count). The van der Waals surface area contributed by atoms with E-state index in [2.05, 4.69) is 39.8 Å². The zero-order chi connectivity index (χ0) is 15.5. The number of phenols is 1. The summed E-state index contributed by atoms with van der Waals surface area (Å²) in [6, 6.07) is 6.32. The molecule has 1 nitrogen and oxygen atoms in total. The van der Waals surface area contributed by atoms with E-state index in [1.807, 2.05) is 6.07 Å². The highest BCUT2D eigenvalue weighted by Crippen LogP contribution is 2.49. The average molecular weight is 288 g/mol. The molecule has 118 valence electrons. The minimum atomic E-state index is 0.404. The standard InChI is InChI=1S/C20H32O/c1-19(2,3)11-5-7-16-9-10-17(18(21)15-16)8-6-12-20(4)13-14-20/h9-10,15,21H,5-8,11-14H2,1-4H3. The molecule has 1 saturated carbocycles. The first kappa shape index (κ1) is 16.4. The van der Waals surface area contributed by atoms with Gasteiger partial charge >= 0.3 is 0 Å². The molecule has 1 heteroatoms. The Labute approximate surface area is 130 Å². The Kier molecular flexibility index (Phi) is 5.01. The SMILES string of the molecule is CC(C)(C)CCCc1ccc(CCCC2(C)CC2)c(O)c1. The molecule has 1 N–H and O–H groups in total. The summed E-state index contributed by atoms with van der Waals surface area (Å²) in [4.78, 5) is 0. The van der Waals surface area contributed by atoms with E-state index in [1.54, 1.807) is 0 Å². The second-order valence-electron chi connectivity index (χ2n) is 8.54. The van der Waals surface area contributed by atoms with Gasteiger partial charge in [0.1, 0.15) is 5.75 Å². The van der Waals surface area contributed by atoms with E-state index in [0.717, 1.165) is 18.4 Å². The first-order chi connectivity index (χ1) is 9.77. The summed E-state index contributed by atoms with van der Waals surface area (Å²) < 4.78 is 0. The first-order valence-corrected chi connectivity index (χ1v) is 8.58. The molecule has 0 radical (unpaired) electrons. The minimum Gasteiger partial charge on any atom is -0.508 e.